The fraction of sp³-hybridized carbons (Fsp3) is 1.00. The molecule has 2 nitrogen and oxygen atoms in total. The van der Waals surface area contributed by atoms with Crippen molar-refractivity contribution in [2.45, 2.75) is 70.0 Å². The van der Waals surface area contributed by atoms with E-state index in [9.17, 15) is 0 Å². The molecule has 0 aromatic carbocycles. The maximum atomic E-state index is 3.79. The molecule has 0 spiro atoms. The molecule has 0 aromatic rings. The number of rotatable bonds is 4. The first kappa shape index (κ1) is 10.4. The van der Waals surface area contributed by atoms with Gasteiger partial charge < -0.3 is 10.6 Å². The Morgan fingerprint density at radius 3 is 1.93 bits per heavy atom. The summed E-state index contributed by atoms with van der Waals surface area (Å²) in [7, 11) is 0. The van der Waals surface area contributed by atoms with E-state index in [-0.39, 0.29) is 0 Å². The van der Waals surface area contributed by atoms with E-state index in [2.05, 4.69) is 17.6 Å². The lowest BCUT2D eigenvalue weighted by molar-refractivity contribution is 0.245. The molecule has 0 unspecified atom stereocenters. The van der Waals surface area contributed by atoms with E-state index in [1.54, 1.807) is 0 Å². The third kappa shape index (κ3) is 2.71. The molecule has 0 aromatic heterocycles. The van der Waals surface area contributed by atoms with Gasteiger partial charge in [-0.3, -0.25) is 0 Å². The zero-order valence-electron chi connectivity index (χ0n) is 9.39. The van der Waals surface area contributed by atoms with Crippen molar-refractivity contribution in [1.82, 2.24) is 10.6 Å². The summed E-state index contributed by atoms with van der Waals surface area (Å²) in [6.45, 7) is 3.34. The van der Waals surface area contributed by atoms with Crippen LogP contribution in [0.3, 0.4) is 0 Å². The van der Waals surface area contributed by atoms with Crippen LogP contribution in [-0.4, -0.2) is 24.7 Å². The third-order valence-corrected chi connectivity index (χ3v) is 3.80. The zero-order chi connectivity index (χ0) is 9.80. The minimum Gasteiger partial charge on any atom is -0.314 e. The highest BCUT2D eigenvalue weighted by Gasteiger charge is 2.24. The Bertz CT molecular complexity index is 158. The van der Waals surface area contributed by atoms with E-state index in [0.717, 1.165) is 24.7 Å². The van der Waals surface area contributed by atoms with E-state index >= 15 is 0 Å². The highest BCUT2D eigenvalue weighted by molar-refractivity contribution is 4.85. The SMILES string of the molecule is CCNC1CCC(NC2CCC2)CC1. The Kier molecular flexibility index (Phi) is 3.82. The van der Waals surface area contributed by atoms with Crippen molar-refractivity contribution in [2.75, 3.05) is 6.54 Å². The van der Waals surface area contributed by atoms with E-state index in [1.807, 2.05) is 0 Å². The molecular formula is C12H24N2. The fourth-order valence-corrected chi connectivity index (χ4v) is 2.66. The van der Waals surface area contributed by atoms with Crippen molar-refractivity contribution in [3.63, 3.8) is 0 Å². The van der Waals surface area contributed by atoms with Gasteiger partial charge in [0.1, 0.15) is 0 Å². The van der Waals surface area contributed by atoms with E-state index in [1.165, 1.54) is 44.9 Å². The minimum atomic E-state index is 0.805. The molecule has 0 bridgehead atoms. The summed E-state index contributed by atoms with van der Waals surface area (Å²) in [5.74, 6) is 0. The van der Waals surface area contributed by atoms with Crippen LogP contribution in [0.5, 0.6) is 0 Å². The summed E-state index contributed by atoms with van der Waals surface area (Å²) in [6.07, 6.45) is 9.81. The molecular weight excluding hydrogens is 172 g/mol. The maximum absolute atomic E-state index is 3.79. The molecule has 0 radical (unpaired) electrons. The zero-order valence-corrected chi connectivity index (χ0v) is 9.39. The van der Waals surface area contributed by atoms with Gasteiger partial charge in [-0.05, 0) is 45.1 Å². The van der Waals surface area contributed by atoms with Gasteiger partial charge in [0.15, 0.2) is 0 Å². The van der Waals surface area contributed by atoms with Gasteiger partial charge in [-0.25, -0.2) is 0 Å². The third-order valence-electron chi connectivity index (χ3n) is 3.80. The van der Waals surface area contributed by atoms with Crippen molar-refractivity contribution < 1.29 is 0 Å². The van der Waals surface area contributed by atoms with E-state index < -0.39 is 0 Å². The Hall–Kier alpha value is -0.0800. The van der Waals surface area contributed by atoms with Gasteiger partial charge in [0, 0.05) is 18.1 Å². The monoisotopic (exact) mass is 196 g/mol. The standard InChI is InChI=1S/C12H24N2/c1-2-13-10-6-8-12(9-7-10)14-11-4-3-5-11/h10-14H,2-9H2,1H3. The molecule has 0 heterocycles. The largest absolute Gasteiger partial charge is 0.314 e. The predicted octanol–water partition coefficient (Wildman–Crippen LogP) is 2.05. The summed E-state index contributed by atoms with van der Waals surface area (Å²) in [6, 6.07) is 2.50. The van der Waals surface area contributed by atoms with E-state index in [0.29, 0.717) is 0 Å². The molecule has 0 saturated heterocycles. The van der Waals surface area contributed by atoms with Gasteiger partial charge in [0.25, 0.3) is 0 Å². The second-order valence-electron chi connectivity index (χ2n) is 4.90. The molecule has 2 aliphatic carbocycles. The molecule has 0 aliphatic heterocycles. The molecule has 0 amide bonds. The first-order valence-electron chi connectivity index (χ1n) is 6.38. The van der Waals surface area contributed by atoms with Crippen LogP contribution >= 0.6 is 0 Å². The average Bonchev–Trinajstić information content (AvgIpc) is 2.14. The molecule has 0 atom stereocenters. The minimum absolute atomic E-state index is 0.805. The highest BCUT2D eigenvalue weighted by atomic mass is 15.0. The van der Waals surface area contributed by atoms with Crippen molar-refractivity contribution in [2.24, 2.45) is 0 Å². The van der Waals surface area contributed by atoms with E-state index in [4.69, 9.17) is 0 Å². The lowest BCUT2D eigenvalue weighted by Gasteiger charge is -2.35. The Labute approximate surface area is 87.8 Å². The van der Waals surface area contributed by atoms with Gasteiger partial charge in [-0.1, -0.05) is 13.3 Å². The van der Waals surface area contributed by atoms with Crippen molar-refractivity contribution >= 4 is 0 Å². The predicted molar refractivity (Wildman–Crippen MR) is 60.5 cm³/mol. The van der Waals surface area contributed by atoms with Crippen molar-refractivity contribution in [1.29, 1.82) is 0 Å². The number of hydrogen-bond donors (Lipinski definition) is 2. The summed E-state index contributed by atoms with van der Waals surface area (Å²) < 4.78 is 0. The van der Waals surface area contributed by atoms with Gasteiger partial charge >= 0.3 is 0 Å². The van der Waals surface area contributed by atoms with Gasteiger partial charge in [0.05, 0.1) is 0 Å². The average molecular weight is 196 g/mol. The first-order chi connectivity index (χ1) is 6.88. The molecule has 2 saturated carbocycles. The Balaban J connectivity index is 1.62. The topological polar surface area (TPSA) is 24.1 Å². The molecule has 82 valence electrons. The fourth-order valence-electron chi connectivity index (χ4n) is 2.66. The van der Waals surface area contributed by atoms with Crippen LogP contribution < -0.4 is 10.6 Å². The molecule has 2 rings (SSSR count). The van der Waals surface area contributed by atoms with Crippen LogP contribution in [0.4, 0.5) is 0 Å². The lowest BCUT2D eigenvalue weighted by Crippen LogP contribution is -2.46. The van der Waals surface area contributed by atoms with Crippen LogP contribution in [0.25, 0.3) is 0 Å². The maximum Gasteiger partial charge on any atom is 0.00708 e. The van der Waals surface area contributed by atoms with Gasteiger partial charge in [-0.15, -0.1) is 0 Å². The molecule has 14 heavy (non-hydrogen) atoms. The molecule has 2 heteroatoms. The van der Waals surface area contributed by atoms with Crippen LogP contribution in [0.15, 0.2) is 0 Å². The first-order valence-corrected chi connectivity index (χ1v) is 6.38. The number of hydrogen-bond acceptors (Lipinski definition) is 2. The van der Waals surface area contributed by atoms with Gasteiger partial charge in [-0.2, -0.15) is 0 Å². The molecule has 2 fully saturated rings. The second-order valence-corrected chi connectivity index (χ2v) is 4.90. The smallest absolute Gasteiger partial charge is 0.00708 e. The van der Waals surface area contributed by atoms with Crippen molar-refractivity contribution in [3.05, 3.63) is 0 Å². The molecule has 2 N–H and O–H groups in total. The quantitative estimate of drug-likeness (QED) is 0.719. The summed E-state index contributed by atoms with van der Waals surface area (Å²) in [5.41, 5.74) is 0. The summed E-state index contributed by atoms with van der Waals surface area (Å²) in [4.78, 5) is 0. The summed E-state index contributed by atoms with van der Waals surface area (Å²) >= 11 is 0. The second kappa shape index (κ2) is 5.13. The van der Waals surface area contributed by atoms with Crippen LogP contribution in [-0.2, 0) is 0 Å². The van der Waals surface area contributed by atoms with Gasteiger partial charge in [0.2, 0.25) is 0 Å². The summed E-state index contributed by atoms with van der Waals surface area (Å²) in [5, 5.41) is 7.35. The van der Waals surface area contributed by atoms with Crippen LogP contribution in [0.2, 0.25) is 0 Å². The normalized spacial score (nSPS) is 34.1. The number of nitrogens with one attached hydrogen (secondary N) is 2. The van der Waals surface area contributed by atoms with Crippen LogP contribution in [0.1, 0.15) is 51.9 Å². The Morgan fingerprint density at radius 1 is 0.857 bits per heavy atom. The van der Waals surface area contributed by atoms with Crippen molar-refractivity contribution in [3.8, 4) is 0 Å². The lowest BCUT2D eigenvalue weighted by atomic mass is 9.87. The molecule has 2 aliphatic rings. The highest BCUT2D eigenvalue weighted by Crippen LogP contribution is 2.24. The Morgan fingerprint density at radius 2 is 1.43 bits per heavy atom. The van der Waals surface area contributed by atoms with Crippen LogP contribution in [0, 0.1) is 0 Å².